The van der Waals surface area contributed by atoms with Crippen LogP contribution in [0.3, 0.4) is 0 Å². The molecule has 0 saturated heterocycles. The normalized spacial score (nSPS) is 10.9. The zero-order valence-electron chi connectivity index (χ0n) is 14.5. The fraction of sp³-hybridized carbons (Fsp3) is 0. The second-order valence-corrected chi connectivity index (χ2v) is 5.71. The van der Waals surface area contributed by atoms with Gasteiger partial charge in [0.15, 0.2) is 0 Å². The number of aromatic carboxylic acids is 1. The molecule has 140 valence electrons. The number of carbonyl (C=O) groups is 3. The van der Waals surface area contributed by atoms with Crippen LogP contribution in [0.25, 0.3) is 6.08 Å². The largest absolute Gasteiger partial charge is 0.545 e. The summed E-state index contributed by atoms with van der Waals surface area (Å²) in [7, 11) is 0. The summed E-state index contributed by atoms with van der Waals surface area (Å²) < 4.78 is 5.21. The summed E-state index contributed by atoms with van der Waals surface area (Å²) in [5, 5.41) is 16.0. The predicted octanol–water partition coefficient (Wildman–Crippen LogP) is 2.05. The lowest BCUT2D eigenvalue weighted by Gasteiger charge is -2.11. The summed E-state index contributed by atoms with van der Waals surface area (Å²) in [5.41, 5.74) is 0.697. The van der Waals surface area contributed by atoms with Crippen LogP contribution in [0.4, 0.5) is 5.69 Å². The fourth-order valence-electron chi connectivity index (χ4n) is 2.35. The Labute approximate surface area is 160 Å². The van der Waals surface area contributed by atoms with Crippen molar-refractivity contribution in [2.75, 3.05) is 5.32 Å². The Morgan fingerprint density at radius 1 is 0.857 bits per heavy atom. The van der Waals surface area contributed by atoms with Gasteiger partial charge in [-0.1, -0.05) is 30.3 Å². The van der Waals surface area contributed by atoms with Crippen molar-refractivity contribution in [2.24, 2.45) is 0 Å². The highest BCUT2D eigenvalue weighted by molar-refractivity contribution is 6.10. The van der Waals surface area contributed by atoms with E-state index in [1.807, 2.05) is 0 Å². The highest BCUT2D eigenvalue weighted by Crippen LogP contribution is 2.13. The van der Waals surface area contributed by atoms with Crippen LogP contribution < -0.4 is 15.7 Å². The molecule has 3 rings (SSSR count). The highest BCUT2D eigenvalue weighted by Gasteiger charge is 2.15. The predicted molar refractivity (Wildman–Crippen MR) is 100.0 cm³/mol. The summed E-state index contributed by atoms with van der Waals surface area (Å²) in [4.78, 5) is 35.9. The van der Waals surface area contributed by atoms with Crippen molar-refractivity contribution in [1.82, 2.24) is 5.32 Å². The number of amides is 2. The van der Waals surface area contributed by atoms with Gasteiger partial charge in [-0.25, -0.2) is 0 Å². The fourth-order valence-corrected chi connectivity index (χ4v) is 2.35. The maximum Gasteiger partial charge on any atom is 0.272 e. The quantitative estimate of drug-likeness (QED) is 0.641. The van der Waals surface area contributed by atoms with E-state index in [0.29, 0.717) is 17.0 Å². The number of nitrogens with one attached hydrogen (secondary N) is 2. The lowest BCUT2D eigenvalue weighted by molar-refractivity contribution is -0.255. The van der Waals surface area contributed by atoms with Gasteiger partial charge in [0.25, 0.3) is 11.8 Å². The minimum atomic E-state index is -1.31. The molecule has 2 aromatic carbocycles. The summed E-state index contributed by atoms with van der Waals surface area (Å²) in [6, 6.07) is 17.2. The number of rotatable bonds is 6. The highest BCUT2D eigenvalue weighted by atomic mass is 16.4. The maximum absolute atomic E-state index is 12.7. The third-order valence-electron chi connectivity index (χ3n) is 3.74. The van der Waals surface area contributed by atoms with Crippen molar-refractivity contribution in [2.45, 2.75) is 0 Å². The molecule has 0 fully saturated rings. The molecule has 3 aromatic rings. The number of anilines is 1. The number of hydrogen-bond acceptors (Lipinski definition) is 5. The molecule has 7 nitrogen and oxygen atoms in total. The summed E-state index contributed by atoms with van der Waals surface area (Å²) in [6.45, 7) is 0. The molecule has 1 heterocycles. The summed E-state index contributed by atoms with van der Waals surface area (Å²) in [5.74, 6) is -1.99. The van der Waals surface area contributed by atoms with Crippen LogP contribution in [0.5, 0.6) is 0 Å². The van der Waals surface area contributed by atoms with E-state index < -0.39 is 17.8 Å². The van der Waals surface area contributed by atoms with Crippen molar-refractivity contribution in [3.63, 3.8) is 0 Å². The van der Waals surface area contributed by atoms with Crippen molar-refractivity contribution in [1.29, 1.82) is 0 Å². The van der Waals surface area contributed by atoms with Crippen molar-refractivity contribution < 1.29 is 23.9 Å². The monoisotopic (exact) mass is 375 g/mol. The van der Waals surface area contributed by atoms with Gasteiger partial charge in [0.2, 0.25) is 0 Å². The molecule has 2 amide bonds. The van der Waals surface area contributed by atoms with Crippen LogP contribution >= 0.6 is 0 Å². The second kappa shape index (κ2) is 8.50. The molecule has 2 N–H and O–H groups in total. The average Bonchev–Trinajstić information content (AvgIpc) is 3.21. The van der Waals surface area contributed by atoms with Crippen LogP contribution in [0, 0.1) is 0 Å². The molecule has 0 atom stereocenters. The topological polar surface area (TPSA) is 111 Å². The third kappa shape index (κ3) is 4.73. The molecule has 0 aliphatic carbocycles. The van der Waals surface area contributed by atoms with E-state index in [1.54, 1.807) is 42.5 Å². The molecule has 28 heavy (non-hydrogen) atoms. The first-order chi connectivity index (χ1) is 13.5. The van der Waals surface area contributed by atoms with Gasteiger partial charge >= 0.3 is 0 Å². The van der Waals surface area contributed by atoms with Crippen LogP contribution in [-0.2, 0) is 4.79 Å². The Hall–Kier alpha value is -4.13. The summed E-state index contributed by atoms with van der Waals surface area (Å²) in [6.07, 6.45) is 2.84. The van der Waals surface area contributed by atoms with Crippen LogP contribution in [-0.4, -0.2) is 17.8 Å². The number of carboxylic acid groups (broad SMARTS) is 1. The third-order valence-corrected chi connectivity index (χ3v) is 3.74. The summed E-state index contributed by atoms with van der Waals surface area (Å²) >= 11 is 0. The molecule has 0 saturated carbocycles. The van der Waals surface area contributed by atoms with Crippen LogP contribution in [0.15, 0.2) is 83.1 Å². The minimum absolute atomic E-state index is 0.0123. The smallest absolute Gasteiger partial charge is 0.272 e. The van der Waals surface area contributed by atoms with Gasteiger partial charge in [0, 0.05) is 17.3 Å². The standard InChI is InChI=1S/C21H16N2O5/c24-19(14-5-2-1-3-6-14)23-18(13-17-7-4-12-28-17)20(25)22-16-10-8-15(9-11-16)21(26)27/h1-13H,(H,22,25)(H,23,24)(H,26,27)/p-1/b18-13+. The van der Waals surface area contributed by atoms with E-state index in [0.717, 1.165) is 0 Å². The lowest BCUT2D eigenvalue weighted by atomic mass is 10.2. The van der Waals surface area contributed by atoms with E-state index in [2.05, 4.69) is 10.6 Å². The minimum Gasteiger partial charge on any atom is -0.545 e. The van der Waals surface area contributed by atoms with Gasteiger partial charge in [-0.2, -0.15) is 0 Å². The first-order valence-corrected chi connectivity index (χ1v) is 8.27. The Bertz CT molecular complexity index is 1010. The molecule has 0 radical (unpaired) electrons. The first kappa shape index (κ1) is 18.7. The van der Waals surface area contributed by atoms with Crippen LogP contribution in [0.2, 0.25) is 0 Å². The average molecular weight is 375 g/mol. The zero-order valence-corrected chi connectivity index (χ0v) is 14.5. The van der Waals surface area contributed by atoms with E-state index >= 15 is 0 Å². The number of hydrogen-bond donors (Lipinski definition) is 2. The molecular formula is C21H15N2O5-. The number of furan rings is 1. The molecule has 0 unspecified atom stereocenters. The Morgan fingerprint density at radius 2 is 1.57 bits per heavy atom. The van der Waals surface area contributed by atoms with E-state index in [-0.39, 0.29) is 11.3 Å². The van der Waals surface area contributed by atoms with E-state index in [1.165, 1.54) is 36.6 Å². The Kier molecular flexibility index (Phi) is 5.66. The maximum atomic E-state index is 12.7. The van der Waals surface area contributed by atoms with E-state index in [9.17, 15) is 19.5 Å². The van der Waals surface area contributed by atoms with E-state index in [4.69, 9.17) is 4.42 Å². The number of benzene rings is 2. The molecular weight excluding hydrogens is 360 g/mol. The van der Waals surface area contributed by atoms with Gasteiger partial charge in [-0.05, 0) is 42.0 Å². The van der Waals surface area contributed by atoms with Gasteiger partial charge in [0.1, 0.15) is 11.5 Å². The second-order valence-electron chi connectivity index (χ2n) is 5.71. The van der Waals surface area contributed by atoms with Gasteiger partial charge < -0.3 is 25.0 Å². The van der Waals surface area contributed by atoms with Crippen molar-refractivity contribution in [3.05, 3.63) is 95.6 Å². The zero-order chi connectivity index (χ0) is 19.9. The Morgan fingerprint density at radius 3 is 2.18 bits per heavy atom. The molecule has 0 aliphatic heterocycles. The number of carboxylic acids is 1. The molecule has 7 heteroatoms. The first-order valence-electron chi connectivity index (χ1n) is 8.27. The molecule has 0 bridgehead atoms. The van der Waals surface area contributed by atoms with Gasteiger partial charge in [0.05, 0.1) is 12.2 Å². The van der Waals surface area contributed by atoms with Gasteiger partial charge in [-0.15, -0.1) is 0 Å². The lowest BCUT2D eigenvalue weighted by Crippen LogP contribution is -2.30. The molecule has 1 aromatic heterocycles. The molecule has 0 aliphatic rings. The SMILES string of the molecule is O=C(Nc1ccc(C(=O)[O-])cc1)/C(=C\c1ccco1)NC(=O)c1ccccc1. The Balaban J connectivity index is 1.81. The van der Waals surface area contributed by atoms with Crippen molar-refractivity contribution >= 4 is 29.5 Å². The van der Waals surface area contributed by atoms with Crippen molar-refractivity contribution in [3.8, 4) is 0 Å². The van der Waals surface area contributed by atoms with Crippen LogP contribution in [0.1, 0.15) is 26.5 Å². The number of carbonyl (C=O) groups excluding carboxylic acids is 3. The van der Waals surface area contributed by atoms with Gasteiger partial charge in [-0.3, -0.25) is 9.59 Å². The molecule has 0 spiro atoms.